The van der Waals surface area contributed by atoms with Crippen molar-refractivity contribution in [3.8, 4) is 0 Å². The Balaban J connectivity index is 2.61. The molecule has 0 aromatic heterocycles. The summed E-state index contributed by atoms with van der Waals surface area (Å²) in [6.07, 6.45) is 2.27. The molecule has 1 aromatic rings. The lowest BCUT2D eigenvalue weighted by Gasteiger charge is -2.20. The van der Waals surface area contributed by atoms with Crippen molar-refractivity contribution in [1.82, 2.24) is 5.32 Å². The standard InChI is InChI=1S/C13H20FN/c1-4-7-10(2)15-11(3)12-8-5-6-9-13(12)14/h5-6,8-11,15H,4,7H2,1-3H3. The summed E-state index contributed by atoms with van der Waals surface area (Å²) in [7, 11) is 0. The van der Waals surface area contributed by atoms with E-state index in [1.54, 1.807) is 6.07 Å². The zero-order valence-corrected chi connectivity index (χ0v) is 9.76. The SMILES string of the molecule is CCCC(C)NC(C)c1ccccc1F. The molecular weight excluding hydrogens is 189 g/mol. The van der Waals surface area contributed by atoms with Crippen LogP contribution in [-0.2, 0) is 0 Å². The van der Waals surface area contributed by atoms with Gasteiger partial charge in [0.15, 0.2) is 0 Å². The molecule has 0 fully saturated rings. The first-order chi connectivity index (χ1) is 7.15. The highest BCUT2D eigenvalue weighted by Crippen LogP contribution is 2.17. The summed E-state index contributed by atoms with van der Waals surface area (Å²) < 4.78 is 13.4. The van der Waals surface area contributed by atoms with Crippen LogP contribution in [0.25, 0.3) is 0 Å². The number of benzene rings is 1. The van der Waals surface area contributed by atoms with Gasteiger partial charge in [-0.15, -0.1) is 0 Å². The Labute approximate surface area is 91.7 Å². The van der Waals surface area contributed by atoms with Crippen LogP contribution in [0.2, 0.25) is 0 Å². The summed E-state index contributed by atoms with van der Waals surface area (Å²) in [6.45, 7) is 6.30. The topological polar surface area (TPSA) is 12.0 Å². The minimum atomic E-state index is -0.124. The molecule has 2 heteroatoms. The van der Waals surface area contributed by atoms with Crippen LogP contribution in [0.5, 0.6) is 0 Å². The second kappa shape index (κ2) is 5.86. The Morgan fingerprint density at radius 3 is 2.53 bits per heavy atom. The average Bonchev–Trinajstić information content (AvgIpc) is 2.18. The van der Waals surface area contributed by atoms with Crippen molar-refractivity contribution in [3.05, 3.63) is 35.6 Å². The van der Waals surface area contributed by atoms with Crippen LogP contribution >= 0.6 is 0 Å². The number of rotatable bonds is 5. The summed E-state index contributed by atoms with van der Waals surface area (Å²) >= 11 is 0. The molecule has 0 saturated carbocycles. The maximum atomic E-state index is 13.4. The molecule has 1 rings (SSSR count). The van der Waals surface area contributed by atoms with Gasteiger partial charge in [-0.2, -0.15) is 0 Å². The molecule has 2 atom stereocenters. The van der Waals surface area contributed by atoms with Crippen LogP contribution in [0.4, 0.5) is 4.39 Å². The molecule has 1 aromatic carbocycles. The van der Waals surface area contributed by atoms with Crippen molar-refractivity contribution in [1.29, 1.82) is 0 Å². The van der Waals surface area contributed by atoms with Gasteiger partial charge in [0.05, 0.1) is 0 Å². The van der Waals surface area contributed by atoms with Crippen molar-refractivity contribution < 1.29 is 4.39 Å². The minimum absolute atomic E-state index is 0.0766. The molecule has 1 N–H and O–H groups in total. The largest absolute Gasteiger partial charge is 0.308 e. The summed E-state index contributed by atoms with van der Waals surface area (Å²) in [5.74, 6) is -0.124. The van der Waals surface area contributed by atoms with E-state index in [4.69, 9.17) is 0 Å². The highest BCUT2D eigenvalue weighted by atomic mass is 19.1. The van der Waals surface area contributed by atoms with Crippen LogP contribution in [0.3, 0.4) is 0 Å². The number of nitrogens with one attached hydrogen (secondary N) is 1. The average molecular weight is 209 g/mol. The lowest BCUT2D eigenvalue weighted by atomic mass is 10.1. The normalized spacial score (nSPS) is 14.9. The van der Waals surface area contributed by atoms with Crippen molar-refractivity contribution in [3.63, 3.8) is 0 Å². The van der Waals surface area contributed by atoms with E-state index in [0.29, 0.717) is 6.04 Å². The van der Waals surface area contributed by atoms with E-state index in [2.05, 4.69) is 19.2 Å². The predicted octanol–water partition coefficient (Wildman–Crippen LogP) is 3.66. The lowest BCUT2D eigenvalue weighted by Crippen LogP contribution is -2.29. The molecule has 15 heavy (non-hydrogen) atoms. The molecule has 0 heterocycles. The van der Waals surface area contributed by atoms with E-state index in [0.717, 1.165) is 18.4 Å². The van der Waals surface area contributed by atoms with Gasteiger partial charge >= 0.3 is 0 Å². The zero-order chi connectivity index (χ0) is 11.3. The fourth-order valence-corrected chi connectivity index (χ4v) is 1.86. The Morgan fingerprint density at radius 2 is 1.93 bits per heavy atom. The van der Waals surface area contributed by atoms with Crippen LogP contribution in [0.1, 0.15) is 45.2 Å². The number of hydrogen-bond acceptors (Lipinski definition) is 1. The molecular formula is C13H20FN. The maximum Gasteiger partial charge on any atom is 0.127 e. The molecule has 0 amide bonds. The first-order valence-electron chi connectivity index (χ1n) is 5.65. The van der Waals surface area contributed by atoms with Gasteiger partial charge in [-0.1, -0.05) is 31.5 Å². The Morgan fingerprint density at radius 1 is 1.27 bits per heavy atom. The van der Waals surface area contributed by atoms with Crippen LogP contribution in [0, 0.1) is 5.82 Å². The highest BCUT2D eigenvalue weighted by Gasteiger charge is 2.11. The second-order valence-electron chi connectivity index (χ2n) is 4.10. The molecule has 0 radical (unpaired) electrons. The summed E-state index contributed by atoms with van der Waals surface area (Å²) in [5, 5.41) is 3.40. The molecule has 0 aliphatic heterocycles. The van der Waals surface area contributed by atoms with Gasteiger partial charge in [0.2, 0.25) is 0 Å². The maximum absolute atomic E-state index is 13.4. The molecule has 0 saturated heterocycles. The van der Waals surface area contributed by atoms with Gasteiger partial charge < -0.3 is 5.32 Å². The molecule has 0 aliphatic carbocycles. The molecule has 0 spiro atoms. The van der Waals surface area contributed by atoms with Gasteiger partial charge in [-0.25, -0.2) is 4.39 Å². The smallest absolute Gasteiger partial charge is 0.127 e. The van der Waals surface area contributed by atoms with Crippen LogP contribution in [-0.4, -0.2) is 6.04 Å². The Hall–Kier alpha value is -0.890. The van der Waals surface area contributed by atoms with E-state index < -0.39 is 0 Å². The fourth-order valence-electron chi connectivity index (χ4n) is 1.86. The third kappa shape index (κ3) is 3.63. The third-order valence-corrected chi connectivity index (χ3v) is 2.63. The first-order valence-corrected chi connectivity index (χ1v) is 5.65. The highest BCUT2D eigenvalue weighted by molar-refractivity contribution is 5.20. The van der Waals surface area contributed by atoms with E-state index >= 15 is 0 Å². The van der Waals surface area contributed by atoms with Crippen molar-refractivity contribution >= 4 is 0 Å². The fraction of sp³-hybridized carbons (Fsp3) is 0.538. The monoisotopic (exact) mass is 209 g/mol. The number of hydrogen-bond donors (Lipinski definition) is 1. The number of halogens is 1. The summed E-state index contributed by atoms with van der Waals surface area (Å²) in [5.41, 5.74) is 0.750. The van der Waals surface area contributed by atoms with E-state index in [1.165, 1.54) is 6.07 Å². The molecule has 2 unspecified atom stereocenters. The Bertz CT molecular complexity index is 298. The van der Waals surface area contributed by atoms with Crippen molar-refractivity contribution in [2.24, 2.45) is 0 Å². The quantitative estimate of drug-likeness (QED) is 0.780. The summed E-state index contributed by atoms with van der Waals surface area (Å²) in [6, 6.07) is 7.46. The Kier molecular flexibility index (Phi) is 4.76. The summed E-state index contributed by atoms with van der Waals surface area (Å²) in [4.78, 5) is 0. The van der Waals surface area contributed by atoms with Crippen LogP contribution < -0.4 is 5.32 Å². The van der Waals surface area contributed by atoms with E-state index in [1.807, 2.05) is 19.1 Å². The van der Waals surface area contributed by atoms with Gasteiger partial charge in [0.1, 0.15) is 5.82 Å². The van der Waals surface area contributed by atoms with Gasteiger partial charge in [0.25, 0.3) is 0 Å². The van der Waals surface area contributed by atoms with Crippen molar-refractivity contribution in [2.75, 3.05) is 0 Å². The third-order valence-electron chi connectivity index (χ3n) is 2.63. The molecule has 84 valence electrons. The van der Waals surface area contributed by atoms with Crippen LogP contribution in [0.15, 0.2) is 24.3 Å². The van der Waals surface area contributed by atoms with Crippen molar-refractivity contribution in [2.45, 2.75) is 45.7 Å². The molecule has 1 nitrogen and oxygen atoms in total. The predicted molar refractivity (Wildman–Crippen MR) is 62.3 cm³/mol. The van der Waals surface area contributed by atoms with E-state index in [-0.39, 0.29) is 11.9 Å². The van der Waals surface area contributed by atoms with Gasteiger partial charge in [-0.3, -0.25) is 0 Å². The van der Waals surface area contributed by atoms with Gasteiger partial charge in [-0.05, 0) is 26.3 Å². The van der Waals surface area contributed by atoms with Gasteiger partial charge in [0, 0.05) is 17.6 Å². The second-order valence-corrected chi connectivity index (χ2v) is 4.10. The molecule has 0 bridgehead atoms. The lowest BCUT2D eigenvalue weighted by molar-refractivity contribution is 0.440. The molecule has 0 aliphatic rings. The van der Waals surface area contributed by atoms with E-state index in [9.17, 15) is 4.39 Å². The minimum Gasteiger partial charge on any atom is -0.308 e. The first kappa shape index (κ1) is 12.2. The zero-order valence-electron chi connectivity index (χ0n) is 9.76.